The van der Waals surface area contributed by atoms with E-state index >= 15 is 0 Å². The van der Waals surface area contributed by atoms with Gasteiger partial charge in [-0.05, 0) is 26.3 Å². The lowest BCUT2D eigenvalue weighted by atomic mass is 10.1. The molecule has 1 N–H and O–H groups in total. The second-order valence-electron chi connectivity index (χ2n) is 4.62. The van der Waals surface area contributed by atoms with Crippen LogP contribution in [0.15, 0.2) is 18.2 Å². The van der Waals surface area contributed by atoms with E-state index in [9.17, 15) is 10.1 Å². The molecule has 21 heavy (non-hydrogen) atoms. The Morgan fingerprint density at radius 3 is 2.52 bits per heavy atom. The largest absolute Gasteiger partial charge is 0.353 e. The number of nitrogens with zero attached hydrogens (tertiary/aromatic N) is 1. The highest BCUT2D eigenvalue weighted by Crippen LogP contribution is 2.20. The topological polar surface area (TPSA) is 73.6 Å². The third kappa shape index (κ3) is 5.79. The Morgan fingerprint density at radius 2 is 1.95 bits per heavy atom. The van der Waals surface area contributed by atoms with Crippen LogP contribution in [0.4, 0.5) is 5.69 Å². The SMILES string of the molecule is CCOC(CCNCc1cccc([N+](=O)[O-])c1C)OCC. The second-order valence-corrected chi connectivity index (χ2v) is 4.62. The molecule has 0 unspecified atom stereocenters. The molecule has 0 fully saturated rings. The van der Waals surface area contributed by atoms with Crippen LogP contribution in [0.1, 0.15) is 31.4 Å². The summed E-state index contributed by atoms with van der Waals surface area (Å²) in [6.45, 7) is 8.21. The van der Waals surface area contributed by atoms with E-state index in [4.69, 9.17) is 9.47 Å². The number of rotatable bonds is 10. The van der Waals surface area contributed by atoms with Gasteiger partial charge in [0.2, 0.25) is 0 Å². The van der Waals surface area contributed by atoms with Crippen molar-refractivity contribution in [2.24, 2.45) is 0 Å². The molecule has 0 spiro atoms. The van der Waals surface area contributed by atoms with Crippen LogP contribution in [0.5, 0.6) is 0 Å². The molecule has 0 saturated heterocycles. The van der Waals surface area contributed by atoms with Crippen LogP contribution in [-0.4, -0.2) is 31.0 Å². The number of hydrogen-bond donors (Lipinski definition) is 1. The lowest BCUT2D eigenvalue weighted by molar-refractivity contribution is -0.385. The van der Waals surface area contributed by atoms with Crippen molar-refractivity contribution in [2.75, 3.05) is 19.8 Å². The van der Waals surface area contributed by atoms with Crippen LogP contribution in [0.25, 0.3) is 0 Å². The molecule has 0 radical (unpaired) electrons. The minimum atomic E-state index is -0.348. The van der Waals surface area contributed by atoms with Crippen LogP contribution < -0.4 is 5.32 Å². The molecule has 118 valence electrons. The van der Waals surface area contributed by atoms with Gasteiger partial charge in [-0.2, -0.15) is 0 Å². The number of nitrogens with one attached hydrogen (secondary N) is 1. The van der Waals surface area contributed by atoms with Gasteiger partial charge in [0.15, 0.2) is 6.29 Å². The Kier molecular flexibility index (Phi) is 7.89. The summed E-state index contributed by atoms with van der Waals surface area (Å²) in [6.07, 6.45) is 0.550. The van der Waals surface area contributed by atoms with Crippen molar-refractivity contribution in [1.82, 2.24) is 5.32 Å². The lowest BCUT2D eigenvalue weighted by Crippen LogP contribution is -2.24. The van der Waals surface area contributed by atoms with Gasteiger partial charge >= 0.3 is 0 Å². The number of hydrogen-bond acceptors (Lipinski definition) is 5. The van der Waals surface area contributed by atoms with Crippen molar-refractivity contribution >= 4 is 5.69 Å². The fourth-order valence-corrected chi connectivity index (χ4v) is 2.09. The Hall–Kier alpha value is -1.50. The number of ether oxygens (including phenoxy) is 2. The van der Waals surface area contributed by atoms with Gasteiger partial charge in [0, 0.05) is 44.4 Å². The molecule has 0 aliphatic carbocycles. The molecule has 1 aromatic carbocycles. The molecule has 1 aromatic rings. The molecular weight excluding hydrogens is 272 g/mol. The molecule has 0 atom stereocenters. The van der Waals surface area contributed by atoms with Gasteiger partial charge in [0.05, 0.1) is 4.92 Å². The lowest BCUT2D eigenvalue weighted by Gasteiger charge is -2.17. The van der Waals surface area contributed by atoms with E-state index in [0.29, 0.717) is 25.3 Å². The fraction of sp³-hybridized carbons (Fsp3) is 0.600. The van der Waals surface area contributed by atoms with E-state index < -0.39 is 0 Å². The molecule has 1 rings (SSSR count). The number of benzene rings is 1. The first-order valence-corrected chi connectivity index (χ1v) is 7.26. The molecular formula is C15H24N2O4. The van der Waals surface area contributed by atoms with Crippen molar-refractivity contribution < 1.29 is 14.4 Å². The van der Waals surface area contributed by atoms with Crippen molar-refractivity contribution in [3.8, 4) is 0 Å². The quantitative estimate of drug-likeness (QED) is 0.311. The van der Waals surface area contributed by atoms with Gasteiger partial charge < -0.3 is 14.8 Å². The van der Waals surface area contributed by atoms with Crippen LogP contribution >= 0.6 is 0 Å². The summed E-state index contributed by atoms with van der Waals surface area (Å²) in [4.78, 5) is 10.5. The summed E-state index contributed by atoms with van der Waals surface area (Å²) in [5, 5.41) is 14.2. The van der Waals surface area contributed by atoms with Crippen LogP contribution in [0.2, 0.25) is 0 Å². The van der Waals surface area contributed by atoms with E-state index in [-0.39, 0.29) is 16.9 Å². The van der Waals surface area contributed by atoms with Gasteiger partial charge in [-0.25, -0.2) is 0 Å². The van der Waals surface area contributed by atoms with E-state index in [2.05, 4.69) is 5.32 Å². The van der Waals surface area contributed by atoms with Crippen molar-refractivity contribution in [3.05, 3.63) is 39.4 Å². The standard InChI is InChI=1S/C15H24N2O4/c1-4-20-15(21-5-2)9-10-16-11-13-7-6-8-14(12(13)3)17(18)19/h6-8,15-16H,4-5,9-11H2,1-3H3. The maximum absolute atomic E-state index is 10.9. The fourth-order valence-electron chi connectivity index (χ4n) is 2.09. The maximum Gasteiger partial charge on any atom is 0.272 e. The Morgan fingerprint density at radius 1 is 1.29 bits per heavy atom. The van der Waals surface area contributed by atoms with Crippen molar-refractivity contribution in [1.29, 1.82) is 0 Å². The average Bonchev–Trinajstić information content (AvgIpc) is 2.45. The smallest absolute Gasteiger partial charge is 0.272 e. The molecule has 0 aliphatic heterocycles. The van der Waals surface area contributed by atoms with E-state index in [1.165, 1.54) is 6.07 Å². The highest BCUT2D eigenvalue weighted by molar-refractivity contribution is 5.44. The molecule has 0 saturated carbocycles. The molecule has 0 heterocycles. The summed E-state index contributed by atoms with van der Waals surface area (Å²) in [6, 6.07) is 5.14. The monoisotopic (exact) mass is 296 g/mol. The predicted octanol–water partition coefficient (Wildman–Crippen LogP) is 2.78. The Labute approximate surface area is 125 Å². The zero-order valence-electron chi connectivity index (χ0n) is 12.9. The first-order chi connectivity index (χ1) is 10.1. The molecule has 6 nitrogen and oxygen atoms in total. The second kappa shape index (κ2) is 9.44. The molecule has 6 heteroatoms. The summed E-state index contributed by atoms with van der Waals surface area (Å²) >= 11 is 0. The average molecular weight is 296 g/mol. The van der Waals surface area contributed by atoms with Gasteiger partial charge in [0.1, 0.15) is 0 Å². The van der Waals surface area contributed by atoms with E-state index in [1.54, 1.807) is 13.0 Å². The third-order valence-electron chi connectivity index (χ3n) is 3.19. The third-order valence-corrected chi connectivity index (χ3v) is 3.19. The summed E-state index contributed by atoms with van der Waals surface area (Å²) in [5.41, 5.74) is 1.81. The maximum atomic E-state index is 10.9. The summed E-state index contributed by atoms with van der Waals surface area (Å²) < 4.78 is 10.9. The van der Waals surface area contributed by atoms with Gasteiger partial charge in [-0.15, -0.1) is 0 Å². The highest BCUT2D eigenvalue weighted by atomic mass is 16.7. The predicted molar refractivity (Wildman–Crippen MR) is 81.2 cm³/mol. The Bertz CT molecular complexity index is 445. The molecule has 0 aliphatic rings. The Balaban J connectivity index is 2.45. The minimum Gasteiger partial charge on any atom is -0.353 e. The zero-order chi connectivity index (χ0) is 15.7. The normalized spacial score (nSPS) is 11.0. The van der Waals surface area contributed by atoms with Gasteiger partial charge in [0.25, 0.3) is 5.69 Å². The van der Waals surface area contributed by atoms with Crippen LogP contribution in [0.3, 0.4) is 0 Å². The zero-order valence-corrected chi connectivity index (χ0v) is 12.9. The van der Waals surface area contributed by atoms with Crippen molar-refractivity contribution in [3.63, 3.8) is 0 Å². The summed E-state index contributed by atoms with van der Waals surface area (Å²) in [7, 11) is 0. The van der Waals surface area contributed by atoms with Gasteiger partial charge in [-0.3, -0.25) is 10.1 Å². The first-order valence-electron chi connectivity index (χ1n) is 7.26. The number of nitro groups is 1. The minimum absolute atomic E-state index is 0.163. The van der Waals surface area contributed by atoms with Crippen LogP contribution in [-0.2, 0) is 16.0 Å². The van der Waals surface area contributed by atoms with E-state index in [0.717, 1.165) is 18.5 Å². The first kappa shape index (κ1) is 17.6. The van der Waals surface area contributed by atoms with Crippen molar-refractivity contribution in [2.45, 2.75) is 40.0 Å². The molecule has 0 amide bonds. The van der Waals surface area contributed by atoms with E-state index in [1.807, 2.05) is 19.9 Å². The van der Waals surface area contributed by atoms with Gasteiger partial charge in [-0.1, -0.05) is 12.1 Å². The molecule has 0 bridgehead atoms. The van der Waals surface area contributed by atoms with Crippen LogP contribution in [0, 0.1) is 17.0 Å². The molecule has 0 aromatic heterocycles. The number of nitro benzene ring substituents is 1. The summed E-state index contributed by atoms with van der Waals surface area (Å²) in [5.74, 6) is 0. The highest BCUT2D eigenvalue weighted by Gasteiger charge is 2.13.